The molecular formula is C29H29F3N2O5S. The van der Waals surface area contributed by atoms with Crippen LogP contribution in [-0.2, 0) is 26.7 Å². The summed E-state index contributed by atoms with van der Waals surface area (Å²) >= 11 is 0. The predicted octanol–water partition coefficient (Wildman–Crippen LogP) is 6.08. The summed E-state index contributed by atoms with van der Waals surface area (Å²) < 4.78 is 74.0. The standard InChI is InChI=1S/C29H29F3N2O5S/c1-33-40(36,37)24-11-7-20(8-12-24)9-14-27(35)34-19-28(15-2-3-16-28)25-18-22(10-13-26(25)34)38-21-5-4-6-23(17-21)39-29(30,31)32/h4-8,10-13,17-18,33H,2-3,9,14-16,19H2,1H3. The molecule has 0 bridgehead atoms. The molecule has 11 heteroatoms. The number of hydrogen-bond donors (Lipinski definition) is 1. The molecule has 1 heterocycles. The number of amides is 1. The highest BCUT2D eigenvalue weighted by atomic mass is 32.2. The zero-order chi connectivity index (χ0) is 28.5. The highest BCUT2D eigenvalue weighted by Crippen LogP contribution is 2.51. The largest absolute Gasteiger partial charge is 0.573 e. The van der Waals surface area contributed by atoms with Crippen LogP contribution in [0.1, 0.15) is 43.2 Å². The number of ether oxygens (including phenoxy) is 2. The maximum absolute atomic E-state index is 13.4. The van der Waals surface area contributed by atoms with Gasteiger partial charge < -0.3 is 14.4 Å². The molecule has 1 amide bonds. The Labute approximate surface area is 231 Å². The van der Waals surface area contributed by atoms with Gasteiger partial charge in [-0.05, 0) is 79.9 Å². The molecule has 1 saturated carbocycles. The lowest BCUT2D eigenvalue weighted by Gasteiger charge is -2.25. The molecule has 3 aromatic rings. The van der Waals surface area contributed by atoms with Crippen LogP contribution in [0.15, 0.2) is 71.6 Å². The third-order valence-corrected chi connectivity index (χ3v) is 8.99. The molecule has 40 heavy (non-hydrogen) atoms. The second kappa shape index (κ2) is 10.8. The molecule has 1 aliphatic carbocycles. The van der Waals surface area contributed by atoms with Gasteiger partial charge in [0.05, 0.1) is 4.90 Å². The number of halogens is 3. The Hall–Kier alpha value is -3.57. The maximum atomic E-state index is 13.4. The first-order valence-electron chi connectivity index (χ1n) is 13.0. The van der Waals surface area contributed by atoms with Crippen molar-refractivity contribution in [2.24, 2.45) is 0 Å². The lowest BCUT2D eigenvalue weighted by atomic mass is 9.81. The van der Waals surface area contributed by atoms with Crippen LogP contribution < -0.4 is 19.1 Å². The molecule has 1 spiro atoms. The van der Waals surface area contributed by atoms with E-state index in [2.05, 4.69) is 9.46 Å². The van der Waals surface area contributed by atoms with Gasteiger partial charge in [-0.15, -0.1) is 13.2 Å². The molecule has 0 atom stereocenters. The van der Waals surface area contributed by atoms with E-state index in [-0.39, 0.29) is 34.1 Å². The van der Waals surface area contributed by atoms with Gasteiger partial charge in [-0.1, -0.05) is 31.0 Å². The van der Waals surface area contributed by atoms with Crippen LogP contribution in [0, 0.1) is 0 Å². The number of benzene rings is 3. The number of hydrogen-bond acceptors (Lipinski definition) is 5. The second-order valence-electron chi connectivity index (χ2n) is 10.1. The van der Waals surface area contributed by atoms with Gasteiger partial charge in [0.25, 0.3) is 0 Å². The average molecular weight is 575 g/mol. The molecule has 1 N–H and O–H groups in total. The summed E-state index contributed by atoms with van der Waals surface area (Å²) in [5.74, 6) is 0.290. The van der Waals surface area contributed by atoms with E-state index in [4.69, 9.17) is 4.74 Å². The zero-order valence-corrected chi connectivity index (χ0v) is 22.6. The van der Waals surface area contributed by atoms with Crippen molar-refractivity contribution < 1.29 is 35.9 Å². The Morgan fingerprint density at radius 2 is 1.65 bits per heavy atom. The van der Waals surface area contributed by atoms with Crippen molar-refractivity contribution in [1.82, 2.24) is 4.72 Å². The first kappa shape index (κ1) is 28.0. The lowest BCUT2D eigenvalue weighted by molar-refractivity contribution is -0.274. The highest BCUT2D eigenvalue weighted by molar-refractivity contribution is 7.89. The summed E-state index contributed by atoms with van der Waals surface area (Å²) in [4.78, 5) is 15.4. The van der Waals surface area contributed by atoms with E-state index in [1.165, 1.54) is 37.4 Å². The molecule has 5 rings (SSSR count). The van der Waals surface area contributed by atoms with Gasteiger partial charge in [0.15, 0.2) is 0 Å². The Balaban J connectivity index is 1.32. The summed E-state index contributed by atoms with van der Waals surface area (Å²) in [6.45, 7) is 0.568. The number of fused-ring (bicyclic) bond motifs is 2. The Morgan fingerprint density at radius 1 is 0.975 bits per heavy atom. The lowest BCUT2D eigenvalue weighted by Crippen LogP contribution is -2.35. The fourth-order valence-corrected chi connectivity index (χ4v) is 6.35. The minimum Gasteiger partial charge on any atom is -0.457 e. The van der Waals surface area contributed by atoms with Crippen molar-refractivity contribution in [3.63, 3.8) is 0 Å². The average Bonchev–Trinajstić information content (AvgIpc) is 3.52. The SMILES string of the molecule is CNS(=O)(=O)c1ccc(CCC(=O)N2CC3(CCCC3)c3cc(Oc4cccc(OC(F)(F)F)c4)ccc32)cc1. The van der Waals surface area contributed by atoms with E-state index < -0.39 is 16.4 Å². The Kier molecular flexibility index (Phi) is 7.54. The summed E-state index contributed by atoms with van der Waals surface area (Å²) in [5.41, 5.74) is 2.51. The maximum Gasteiger partial charge on any atom is 0.573 e. The van der Waals surface area contributed by atoms with Gasteiger partial charge in [-0.25, -0.2) is 13.1 Å². The Bertz CT molecular complexity index is 1500. The third-order valence-electron chi connectivity index (χ3n) is 7.56. The summed E-state index contributed by atoms with van der Waals surface area (Å²) in [7, 11) is -2.17. The van der Waals surface area contributed by atoms with Crippen molar-refractivity contribution >= 4 is 21.6 Å². The van der Waals surface area contributed by atoms with Crippen LogP contribution in [0.3, 0.4) is 0 Å². The van der Waals surface area contributed by atoms with Crippen molar-refractivity contribution in [2.45, 2.75) is 55.2 Å². The van der Waals surface area contributed by atoms with Crippen LogP contribution in [0.5, 0.6) is 17.2 Å². The molecule has 1 aliphatic heterocycles. The molecule has 0 radical (unpaired) electrons. The van der Waals surface area contributed by atoms with Gasteiger partial charge >= 0.3 is 6.36 Å². The van der Waals surface area contributed by atoms with Crippen LogP contribution in [-0.4, -0.2) is 34.3 Å². The van der Waals surface area contributed by atoms with E-state index in [9.17, 15) is 26.4 Å². The number of aryl methyl sites for hydroxylation is 1. The molecule has 0 aromatic heterocycles. The molecule has 3 aromatic carbocycles. The van der Waals surface area contributed by atoms with E-state index >= 15 is 0 Å². The monoisotopic (exact) mass is 574 g/mol. The first-order valence-corrected chi connectivity index (χ1v) is 14.5. The minimum atomic E-state index is -4.80. The van der Waals surface area contributed by atoms with E-state index in [1.54, 1.807) is 24.3 Å². The first-order chi connectivity index (χ1) is 19.0. The fourth-order valence-electron chi connectivity index (χ4n) is 5.62. The fraction of sp³-hybridized carbons (Fsp3) is 0.345. The molecule has 212 valence electrons. The molecule has 0 unspecified atom stereocenters. The number of nitrogens with one attached hydrogen (secondary N) is 1. The summed E-state index contributed by atoms with van der Waals surface area (Å²) in [6, 6.07) is 17.3. The predicted molar refractivity (Wildman–Crippen MR) is 143 cm³/mol. The summed E-state index contributed by atoms with van der Waals surface area (Å²) in [5, 5.41) is 0. The molecular weight excluding hydrogens is 545 g/mol. The number of alkyl halides is 3. The topological polar surface area (TPSA) is 84.9 Å². The number of rotatable bonds is 8. The van der Waals surface area contributed by atoms with E-state index in [0.29, 0.717) is 18.7 Å². The minimum absolute atomic E-state index is 0.0254. The van der Waals surface area contributed by atoms with Crippen LogP contribution in [0.4, 0.5) is 18.9 Å². The quantitative estimate of drug-likeness (QED) is 0.353. The smallest absolute Gasteiger partial charge is 0.457 e. The zero-order valence-electron chi connectivity index (χ0n) is 21.8. The van der Waals surface area contributed by atoms with Gasteiger partial charge in [0.2, 0.25) is 15.9 Å². The highest BCUT2D eigenvalue weighted by Gasteiger charge is 2.46. The van der Waals surface area contributed by atoms with E-state index in [0.717, 1.165) is 42.5 Å². The van der Waals surface area contributed by atoms with Crippen molar-refractivity contribution in [3.05, 3.63) is 77.9 Å². The normalized spacial score (nSPS) is 16.2. The van der Waals surface area contributed by atoms with Crippen LogP contribution in [0.2, 0.25) is 0 Å². The van der Waals surface area contributed by atoms with Gasteiger partial charge in [0, 0.05) is 30.1 Å². The van der Waals surface area contributed by atoms with Crippen molar-refractivity contribution in [2.75, 3.05) is 18.5 Å². The van der Waals surface area contributed by atoms with Gasteiger partial charge in [0.1, 0.15) is 17.2 Å². The molecule has 7 nitrogen and oxygen atoms in total. The van der Waals surface area contributed by atoms with Crippen molar-refractivity contribution in [3.8, 4) is 17.2 Å². The number of sulfonamides is 1. The summed E-state index contributed by atoms with van der Waals surface area (Å²) in [6.07, 6.45) is -0.107. The van der Waals surface area contributed by atoms with Crippen LogP contribution >= 0.6 is 0 Å². The Morgan fingerprint density at radius 3 is 2.33 bits per heavy atom. The van der Waals surface area contributed by atoms with E-state index in [1.807, 2.05) is 17.0 Å². The van der Waals surface area contributed by atoms with Gasteiger partial charge in [-0.2, -0.15) is 0 Å². The second-order valence-corrected chi connectivity index (χ2v) is 12.0. The van der Waals surface area contributed by atoms with Crippen molar-refractivity contribution in [1.29, 1.82) is 0 Å². The molecule has 1 fully saturated rings. The number of carbonyl (C=O) groups is 1. The number of anilines is 1. The van der Waals surface area contributed by atoms with Crippen LogP contribution in [0.25, 0.3) is 0 Å². The molecule has 0 saturated heterocycles. The number of carbonyl (C=O) groups excluding carboxylic acids is 1. The molecule has 2 aliphatic rings. The third kappa shape index (κ3) is 5.95. The van der Waals surface area contributed by atoms with Gasteiger partial charge in [-0.3, -0.25) is 4.79 Å². The number of nitrogens with zero attached hydrogens (tertiary/aromatic N) is 1.